The van der Waals surface area contributed by atoms with Gasteiger partial charge in [-0.15, -0.1) is 0 Å². The van der Waals surface area contributed by atoms with Crippen molar-refractivity contribution in [1.29, 1.82) is 5.26 Å². The van der Waals surface area contributed by atoms with Crippen LogP contribution >= 0.6 is 0 Å². The Hall–Kier alpha value is -9.18. The average Bonchev–Trinajstić information content (AvgIpc) is 4.11. The molecule has 0 saturated heterocycles. The lowest BCUT2D eigenvalue weighted by molar-refractivity contribution is 1.11. The summed E-state index contributed by atoms with van der Waals surface area (Å²) in [5.41, 5.74) is 14.9. The molecule has 0 spiro atoms. The van der Waals surface area contributed by atoms with Gasteiger partial charge in [-0.05, 0) is 96.1 Å². The van der Waals surface area contributed by atoms with E-state index in [1.54, 1.807) is 0 Å². The van der Waals surface area contributed by atoms with Crippen LogP contribution in [0.25, 0.3) is 121 Å². The summed E-state index contributed by atoms with van der Waals surface area (Å²) in [7, 11) is 0. The number of fused-ring (bicyclic) bond motifs is 12. The first-order chi connectivity index (χ1) is 32.7. The molecule has 66 heavy (non-hydrogen) atoms. The van der Waals surface area contributed by atoms with Gasteiger partial charge in [0.15, 0.2) is 0 Å². The van der Waals surface area contributed by atoms with Crippen LogP contribution in [-0.4, -0.2) is 23.3 Å². The van der Waals surface area contributed by atoms with Crippen LogP contribution in [-0.2, 0) is 0 Å². The molecule has 0 aliphatic carbocycles. The van der Waals surface area contributed by atoms with Crippen LogP contribution in [0, 0.1) is 11.3 Å². The van der Waals surface area contributed by atoms with E-state index in [1.807, 2.05) is 24.5 Å². The van der Waals surface area contributed by atoms with Gasteiger partial charge < -0.3 is 18.3 Å². The van der Waals surface area contributed by atoms with E-state index in [1.165, 1.54) is 21.5 Å². The van der Waals surface area contributed by atoms with Gasteiger partial charge in [0, 0.05) is 66.9 Å². The molecule has 6 nitrogen and oxygen atoms in total. The van der Waals surface area contributed by atoms with E-state index < -0.39 is 0 Å². The predicted octanol–water partition coefficient (Wildman–Crippen LogP) is 15.0. The summed E-state index contributed by atoms with van der Waals surface area (Å²) in [5, 5.41) is 21.0. The number of para-hydroxylation sites is 6. The smallest absolute Gasteiger partial charge is 0.104 e. The van der Waals surface area contributed by atoms with Gasteiger partial charge in [0.2, 0.25) is 0 Å². The van der Waals surface area contributed by atoms with E-state index >= 15 is 0 Å². The molecule has 9 aromatic carbocycles. The molecule has 5 aromatic heterocycles. The molecule has 306 valence electrons. The summed E-state index contributed by atoms with van der Waals surface area (Å²) in [5.74, 6) is 0. The molecule has 0 saturated carbocycles. The van der Waals surface area contributed by atoms with Gasteiger partial charge >= 0.3 is 0 Å². The fourth-order valence-corrected chi connectivity index (χ4v) is 10.9. The van der Waals surface area contributed by atoms with E-state index in [0.29, 0.717) is 5.56 Å². The largest absolute Gasteiger partial charge is 0.309 e. The highest BCUT2D eigenvalue weighted by Crippen LogP contribution is 2.42. The first-order valence-corrected chi connectivity index (χ1v) is 22.3. The van der Waals surface area contributed by atoms with E-state index in [0.717, 1.165) is 99.6 Å². The maximum atomic E-state index is 11.7. The number of rotatable bonds is 5. The second kappa shape index (κ2) is 13.9. The maximum absolute atomic E-state index is 11.7. The summed E-state index contributed by atoms with van der Waals surface area (Å²) >= 11 is 0. The highest BCUT2D eigenvalue weighted by molar-refractivity contribution is 6.14. The Morgan fingerprint density at radius 3 is 0.970 bits per heavy atom. The number of hydrogen-bond donors (Lipinski definition) is 0. The van der Waals surface area contributed by atoms with E-state index in [4.69, 9.17) is 0 Å². The molecule has 0 aliphatic heterocycles. The number of nitriles is 1. The highest BCUT2D eigenvalue weighted by Gasteiger charge is 2.24. The van der Waals surface area contributed by atoms with E-state index in [2.05, 4.69) is 223 Å². The van der Waals surface area contributed by atoms with Gasteiger partial charge in [0.05, 0.1) is 55.5 Å². The molecule has 0 fully saturated rings. The van der Waals surface area contributed by atoms with Crippen molar-refractivity contribution in [1.82, 2.24) is 23.3 Å². The third-order valence-corrected chi connectivity index (χ3v) is 13.7. The average molecular weight is 841 g/mol. The molecule has 5 heterocycles. The molecule has 0 bridgehead atoms. The molecule has 14 rings (SSSR count). The minimum atomic E-state index is 0.572. The first kappa shape index (κ1) is 36.3. The van der Waals surface area contributed by atoms with E-state index in [9.17, 15) is 5.26 Å². The summed E-state index contributed by atoms with van der Waals surface area (Å²) in [6.45, 7) is 0. The normalized spacial score (nSPS) is 11.9. The molecule has 0 amide bonds. The van der Waals surface area contributed by atoms with Gasteiger partial charge in [-0.3, -0.25) is 4.98 Å². The number of hydrogen-bond acceptors (Lipinski definition) is 2. The summed E-state index contributed by atoms with van der Waals surface area (Å²) in [6.07, 6.45) is 3.67. The summed E-state index contributed by atoms with van der Waals surface area (Å²) in [6, 6.07) is 76.4. The van der Waals surface area contributed by atoms with Crippen molar-refractivity contribution in [2.75, 3.05) is 0 Å². The van der Waals surface area contributed by atoms with Crippen molar-refractivity contribution >= 4 is 87.2 Å². The van der Waals surface area contributed by atoms with Crippen molar-refractivity contribution in [3.8, 4) is 39.9 Å². The molecule has 0 N–H and O–H groups in total. The summed E-state index contributed by atoms with van der Waals surface area (Å²) in [4.78, 5) is 4.40. The van der Waals surface area contributed by atoms with Crippen LogP contribution in [0.3, 0.4) is 0 Å². The van der Waals surface area contributed by atoms with Crippen LogP contribution in [0.4, 0.5) is 0 Å². The number of pyridine rings is 1. The zero-order valence-electron chi connectivity index (χ0n) is 35.5. The first-order valence-electron chi connectivity index (χ1n) is 22.3. The zero-order valence-corrected chi connectivity index (χ0v) is 35.5. The van der Waals surface area contributed by atoms with Crippen molar-refractivity contribution in [3.05, 3.63) is 224 Å². The monoisotopic (exact) mass is 840 g/mol. The summed E-state index contributed by atoms with van der Waals surface area (Å²) < 4.78 is 9.35. The number of aromatic nitrogens is 5. The lowest BCUT2D eigenvalue weighted by Crippen LogP contribution is -2.06. The van der Waals surface area contributed by atoms with Gasteiger partial charge in [-0.1, -0.05) is 121 Å². The highest BCUT2D eigenvalue weighted by atomic mass is 15.0. The topological polar surface area (TPSA) is 56.4 Å². The van der Waals surface area contributed by atoms with Gasteiger partial charge in [0.1, 0.15) is 11.6 Å². The lowest BCUT2D eigenvalue weighted by Gasteiger charge is -2.19. The van der Waals surface area contributed by atoms with Gasteiger partial charge in [-0.25, -0.2) is 0 Å². The molecular formula is C60H36N6. The Balaban J connectivity index is 1.09. The predicted molar refractivity (Wildman–Crippen MR) is 272 cm³/mol. The van der Waals surface area contributed by atoms with Crippen LogP contribution in [0.5, 0.6) is 0 Å². The minimum absolute atomic E-state index is 0.572. The molecule has 6 heteroatoms. The third-order valence-electron chi connectivity index (χ3n) is 13.7. The Bertz CT molecular complexity index is 4000. The molecule has 0 radical (unpaired) electrons. The van der Waals surface area contributed by atoms with Crippen LogP contribution in [0.2, 0.25) is 0 Å². The fourth-order valence-electron chi connectivity index (χ4n) is 10.9. The van der Waals surface area contributed by atoms with Crippen LogP contribution in [0.1, 0.15) is 5.56 Å². The number of benzene rings is 9. The van der Waals surface area contributed by atoms with Crippen molar-refractivity contribution in [2.45, 2.75) is 0 Å². The molecule has 0 aliphatic rings. The SMILES string of the molecule is N#Cc1c(-n2c3ccccc3c3ccc(-n4c5ccccc5c5ccccc54)cc32)cc(-c2ccncc2)cc1-n1c2ccccc2c2ccc(-n3c4ccccc4c4ccccc43)cc21. The molecule has 14 aromatic rings. The molecular weight excluding hydrogens is 805 g/mol. The van der Waals surface area contributed by atoms with Gasteiger partial charge in [-0.2, -0.15) is 5.26 Å². The molecule has 0 atom stereocenters. The Morgan fingerprint density at radius 2 is 0.621 bits per heavy atom. The van der Waals surface area contributed by atoms with E-state index in [-0.39, 0.29) is 0 Å². The lowest BCUT2D eigenvalue weighted by atomic mass is 10.0. The Morgan fingerprint density at radius 1 is 0.303 bits per heavy atom. The number of nitrogens with zero attached hydrogens (tertiary/aromatic N) is 6. The minimum Gasteiger partial charge on any atom is -0.309 e. The Labute approximate surface area is 378 Å². The fraction of sp³-hybridized carbons (Fsp3) is 0. The van der Waals surface area contributed by atoms with Crippen LogP contribution < -0.4 is 0 Å². The van der Waals surface area contributed by atoms with Crippen LogP contribution in [0.15, 0.2) is 219 Å². The second-order valence-electron chi connectivity index (χ2n) is 17.1. The zero-order chi connectivity index (χ0) is 43.5. The van der Waals surface area contributed by atoms with Crippen molar-refractivity contribution in [3.63, 3.8) is 0 Å². The molecule has 0 unspecified atom stereocenters. The second-order valence-corrected chi connectivity index (χ2v) is 17.1. The quantitative estimate of drug-likeness (QED) is 0.173. The standard InChI is InChI=1S/C60H36N6/c61-37-50-57(65-55-23-11-5-17-46(55)48-27-25-40(35-59(48)65)63-51-19-7-1-13-42(51)43-14-2-8-20-52(43)63)33-39(38-29-31-62-32-30-38)34-58(50)66-56-24-12-6-18-47(56)49-28-26-41(36-60(49)66)64-53-21-9-3-15-44(53)45-16-4-10-22-54(45)64/h1-36H. The van der Waals surface area contributed by atoms with Crippen molar-refractivity contribution in [2.24, 2.45) is 0 Å². The maximum Gasteiger partial charge on any atom is 0.104 e. The van der Waals surface area contributed by atoms with Gasteiger partial charge in [0.25, 0.3) is 0 Å². The Kier molecular flexibility index (Phi) is 7.65. The third kappa shape index (κ3) is 5.08. The van der Waals surface area contributed by atoms with Crippen molar-refractivity contribution < 1.29 is 0 Å².